The first-order valence-corrected chi connectivity index (χ1v) is 9.49. The van der Waals surface area contributed by atoms with Crippen LogP contribution < -0.4 is 5.32 Å². The average molecular weight is 464 g/mol. The summed E-state index contributed by atoms with van der Waals surface area (Å²) in [4.78, 5) is 16.9. The fourth-order valence-corrected chi connectivity index (χ4v) is 3.22. The van der Waals surface area contributed by atoms with Crippen molar-refractivity contribution in [3.63, 3.8) is 0 Å². The minimum atomic E-state index is -5.05. The summed E-state index contributed by atoms with van der Waals surface area (Å²) in [5, 5.41) is 2.31. The van der Waals surface area contributed by atoms with Crippen molar-refractivity contribution in [2.24, 2.45) is 0 Å². The monoisotopic (exact) mass is 464 g/mol. The zero-order valence-electron chi connectivity index (χ0n) is 16.8. The molecule has 10 heteroatoms. The van der Waals surface area contributed by atoms with Crippen molar-refractivity contribution in [1.82, 2.24) is 4.98 Å². The fourth-order valence-electron chi connectivity index (χ4n) is 3.22. The Bertz CT molecular complexity index is 1320. The van der Waals surface area contributed by atoms with Crippen molar-refractivity contribution in [3.05, 3.63) is 82.9 Å². The average Bonchev–Trinajstić information content (AvgIpc) is 3.15. The normalized spacial score (nSPS) is 12.2. The molecule has 0 fully saturated rings. The van der Waals surface area contributed by atoms with E-state index in [9.17, 15) is 31.1 Å². The second-order valence-corrected chi connectivity index (χ2v) is 7.27. The number of nitrogens with one attached hydrogen (secondary N) is 1. The number of rotatable bonds is 3. The van der Waals surface area contributed by atoms with E-state index in [2.05, 4.69) is 10.3 Å². The minimum Gasteiger partial charge on any atom is -0.436 e. The van der Waals surface area contributed by atoms with Crippen LogP contribution in [0.5, 0.6) is 0 Å². The van der Waals surface area contributed by atoms with Crippen LogP contribution in [0.15, 0.2) is 65.1 Å². The number of amides is 1. The van der Waals surface area contributed by atoms with E-state index in [0.717, 1.165) is 11.1 Å². The number of nitrogens with zero attached hydrogens (tertiary/aromatic N) is 1. The molecule has 0 atom stereocenters. The highest BCUT2D eigenvalue weighted by atomic mass is 19.4. The summed E-state index contributed by atoms with van der Waals surface area (Å²) < 4.78 is 84.0. The summed E-state index contributed by atoms with van der Waals surface area (Å²) in [6, 6.07) is 12.4. The summed E-state index contributed by atoms with van der Waals surface area (Å²) in [6.07, 6.45) is -10.1. The Kier molecular flexibility index (Phi) is 5.39. The van der Waals surface area contributed by atoms with Gasteiger partial charge in [0.15, 0.2) is 5.58 Å². The molecule has 1 aromatic heterocycles. The Hall–Kier alpha value is -3.82. The van der Waals surface area contributed by atoms with Crippen molar-refractivity contribution < 1.29 is 35.6 Å². The summed E-state index contributed by atoms with van der Waals surface area (Å²) in [5.41, 5.74) is -1.39. The molecule has 33 heavy (non-hydrogen) atoms. The Morgan fingerprint density at radius 2 is 1.52 bits per heavy atom. The number of carbonyl (C=O) groups excluding carboxylic acids is 1. The van der Waals surface area contributed by atoms with Crippen molar-refractivity contribution >= 4 is 22.7 Å². The Morgan fingerprint density at radius 1 is 0.879 bits per heavy atom. The van der Waals surface area contributed by atoms with Crippen molar-refractivity contribution in [3.8, 4) is 11.5 Å². The lowest BCUT2D eigenvalue weighted by molar-refractivity contribution is -0.143. The van der Waals surface area contributed by atoms with E-state index in [1.807, 2.05) is 31.2 Å². The van der Waals surface area contributed by atoms with Crippen molar-refractivity contribution in [2.45, 2.75) is 19.3 Å². The zero-order chi connectivity index (χ0) is 24.0. The summed E-state index contributed by atoms with van der Waals surface area (Å²) in [7, 11) is 0. The number of anilines is 1. The largest absolute Gasteiger partial charge is 0.436 e. The van der Waals surface area contributed by atoms with Gasteiger partial charge in [-0.1, -0.05) is 18.2 Å². The molecular formula is C23H14F6N2O2. The standard InChI is InChI=1S/C23H14F6N2O2/c1-12-4-2-3-5-17(12)21-31-18-7-6-16(11-19(18)33-21)30-20(32)13-8-14(22(24,25)26)10-15(9-13)23(27,28)29/h2-11H,1H3,(H,30,32). The minimum absolute atomic E-state index is 0.0372. The molecule has 0 aliphatic heterocycles. The predicted octanol–water partition coefficient (Wildman–Crippen LogP) is 7.09. The Morgan fingerprint density at radius 3 is 2.12 bits per heavy atom. The van der Waals surface area contributed by atoms with Gasteiger partial charge >= 0.3 is 12.4 Å². The van der Waals surface area contributed by atoms with Crippen LogP contribution in [0.25, 0.3) is 22.6 Å². The van der Waals surface area contributed by atoms with E-state index in [-0.39, 0.29) is 17.3 Å². The molecule has 3 aromatic carbocycles. The fraction of sp³-hybridized carbons (Fsp3) is 0.130. The molecule has 0 aliphatic rings. The van der Waals surface area contributed by atoms with Crippen LogP contribution in [0.4, 0.5) is 32.0 Å². The van der Waals surface area contributed by atoms with Crippen LogP contribution in [0, 0.1) is 6.92 Å². The van der Waals surface area contributed by atoms with E-state index in [4.69, 9.17) is 4.42 Å². The van der Waals surface area contributed by atoms with E-state index >= 15 is 0 Å². The number of fused-ring (bicyclic) bond motifs is 1. The molecule has 4 nitrogen and oxygen atoms in total. The molecule has 0 bridgehead atoms. The molecule has 1 amide bonds. The third-order valence-corrected chi connectivity index (χ3v) is 4.87. The lowest BCUT2D eigenvalue weighted by Gasteiger charge is -2.14. The van der Waals surface area contributed by atoms with Crippen LogP contribution in [0.1, 0.15) is 27.0 Å². The highest BCUT2D eigenvalue weighted by Crippen LogP contribution is 2.36. The van der Waals surface area contributed by atoms with E-state index in [1.54, 1.807) is 0 Å². The first-order chi connectivity index (χ1) is 15.4. The Labute approximate surface area is 182 Å². The maximum absolute atomic E-state index is 13.1. The molecule has 0 unspecified atom stereocenters. The van der Waals surface area contributed by atoms with Crippen LogP contribution in [-0.4, -0.2) is 10.9 Å². The first kappa shape index (κ1) is 22.4. The quantitative estimate of drug-likeness (QED) is 0.329. The van der Waals surface area contributed by atoms with Gasteiger partial charge in [0.1, 0.15) is 5.52 Å². The number of carbonyl (C=O) groups is 1. The van der Waals surface area contributed by atoms with E-state index in [0.29, 0.717) is 23.5 Å². The van der Waals surface area contributed by atoms with Gasteiger partial charge < -0.3 is 9.73 Å². The van der Waals surface area contributed by atoms with E-state index in [1.165, 1.54) is 18.2 Å². The molecule has 0 saturated heterocycles. The third kappa shape index (κ3) is 4.69. The molecule has 4 aromatic rings. The molecule has 0 aliphatic carbocycles. The van der Waals surface area contributed by atoms with Gasteiger partial charge in [-0.2, -0.15) is 26.3 Å². The third-order valence-electron chi connectivity index (χ3n) is 4.87. The number of hydrogen-bond acceptors (Lipinski definition) is 3. The predicted molar refractivity (Wildman–Crippen MR) is 109 cm³/mol. The summed E-state index contributed by atoms with van der Waals surface area (Å²) >= 11 is 0. The van der Waals surface area contributed by atoms with Crippen LogP contribution >= 0.6 is 0 Å². The molecule has 1 heterocycles. The molecule has 0 spiro atoms. The van der Waals surface area contributed by atoms with Gasteiger partial charge in [-0.3, -0.25) is 4.79 Å². The highest BCUT2D eigenvalue weighted by molar-refractivity contribution is 6.05. The number of hydrogen-bond donors (Lipinski definition) is 1. The summed E-state index contributed by atoms with van der Waals surface area (Å²) in [6.45, 7) is 1.88. The van der Waals surface area contributed by atoms with Crippen molar-refractivity contribution in [1.29, 1.82) is 0 Å². The topological polar surface area (TPSA) is 55.1 Å². The highest BCUT2D eigenvalue weighted by Gasteiger charge is 2.37. The Balaban J connectivity index is 1.66. The van der Waals surface area contributed by atoms with Gasteiger partial charge in [0.05, 0.1) is 11.1 Å². The molecular weight excluding hydrogens is 450 g/mol. The molecule has 1 N–H and O–H groups in total. The lowest BCUT2D eigenvalue weighted by atomic mass is 10.0. The second kappa shape index (κ2) is 7.95. The zero-order valence-corrected chi connectivity index (χ0v) is 16.8. The smallest absolute Gasteiger partial charge is 0.416 e. The van der Waals surface area contributed by atoms with Gasteiger partial charge in [-0.15, -0.1) is 0 Å². The van der Waals surface area contributed by atoms with Gasteiger partial charge in [0, 0.05) is 22.9 Å². The lowest BCUT2D eigenvalue weighted by Crippen LogP contribution is -2.17. The number of alkyl halides is 6. The number of aryl methyl sites for hydroxylation is 1. The number of aromatic nitrogens is 1. The number of halogens is 6. The van der Waals surface area contributed by atoms with Crippen LogP contribution in [0.2, 0.25) is 0 Å². The van der Waals surface area contributed by atoms with Gasteiger partial charge in [0.2, 0.25) is 5.89 Å². The van der Waals surface area contributed by atoms with Crippen LogP contribution in [-0.2, 0) is 12.4 Å². The number of oxazole rings is 1. The van der Waals surface area contributed by atoms with Crippen LogP contribution in [0.3, 0.4) is 0 Å². The van der Waals surface area contributed by atoms with Gasteiger partial charge in [-0.25, -0.2) is 4.98 Å². The van der Waals surface area contributed by atoms with E-state index < -0.39 is 35.0 Å². The van der Waals surface area contributed by atoms with Gasteiger partial charge in [-0.05, 0) is 48.9 Å². The SMILES string of the molecule is Cc1ccccc1-c1nc2ccc(NC(=O)c3cc(C(F)(F)F)cc(C(F)(F)F)c3)cc2o1. The van der Waals surface area contributed by atoms with Gasteiger partial charge in [0.25, 0.3) is 5.91 Å². The maximum Gasteiger partial charge on any atom is 0.416 e. The van der Waals surface area contributed by atoms with Crippen molar-refractivity contribution in [2.75, 3.05) is 5.32 Å². The summed E-state index contributed by atoms with van der Waals surface area (Å²) in [5.74, 6) is -0.802. The molecule has 0 saturated carbocycles. The molecule has 170 valence electrons. The molecule has 0 radical (unpaired) electrons. The first-order valence-electron chi connectivity index (χ1n) is 9.49. The second-order valence-electron chi connectivity index (χ2n) is 7.27. The maximum atomic E-state index is 13.1. The molecule has 4 rings (SSSR count). The number of benzene rings is 3.